The van der Waals surface area contributed by atoms with E-state index in [0.29, 0.717) is 6.54 Å². The predicted molar refractivity (Wildman–Crippen MR) is 94.0 cm³/mol. The van der Waals surface area contributed by atoms with Gasteiger partial charge in [-0.25, -0.2) is 4.99 Å². The number of thiazole rings is 1. The van der Waals surface area contributed by atoms with E-state index in [9.17, 15) is 0 Å². The summed E-state index contributed by atoms with van der Waals surface area (Å²) in [5.41, 5.74) is 3.07. The minimum Gasteiger partial charge on any atom is -0.497 e. The molecule has 0 N–H and O–H groups in total. The number of aromatic nitrogens is 2. The van der Waals surface area contributed by atoms with Crippen molar-refractivity contribution in [1.82, 2.24) is 9.55 Å². The lowest BCUT2D eigenvalue weighted by Gasteiger charge is -2.07. The Kier molecular flexibility index (Phi) is 4.68. The Bertz CT molecular complexity index is 848. The monoisotopic (exact) mass is 323 g/mol. The third kappa shape index (κ3) is 3.40. The lowest BCUT2D eigenvalue weighted by atomic mass is 10.1. The van der Waals surface area contributed by atoms with Gasteiger partial charge in [0, 0.05) is 18.1 Å². The number of hydrogen-bond donors (Lipinski definition) is 0. The summed E-state index contributed by atoms with van der Waals surface area (Å²) in [4.78, 5) is 9.71. The zero-order valence-corrected chi connectivity index (χ0v) is 13.7. The molecule has 5 heteroatoms. The zero-order chi connectivity index (χ0) is 16.1. The van der Waals surface area contributed by atoms with Gasteiger partial charge in [-0.3, -0.25) is 4.98 Å². The van der Waals surface area contributed by atoms with E-state index >= 15 is 0 Å². The molecule has 2 aromatic heterocycles. The molecule has 0 radical (unpaired) electrons. The van der Waals surface area contributed by atoms with Crippen molar-refractivity contribution in [3.05, 3.63) is 71.6 Å². The molecule has 0 bridgehead atoms. The SMILES string of the molecule is C=CCn1c(-c2ccc(OC)cc2)csc1=Nc1cccnc1. The molecule has 0 amide bonds. The third-order valence-electron chi connectivity index (χ3n) is 3.37. The van der Waals surface area contributed by atoms with Crippen molar-refractivity contribution in [1.29, 1.82) is 0 Å². The number of rotatable bonds is 5. The predicted octanol–water partition coefficient (Wildman–Crippen LogP) is 4.04. The summed E-state index contributed by atoms with van der Waals surface area (Å²) in [5, 5.41) is 2.11. The van der Waals surface area contributed by atoms with E-state index in [-0.39, 0.29) is 0 Å². The van der Waals surface area contributed by atoms with E-state index < -0.39 is 0 Å². The molecule has 0 atom stereocenters. The summed E-state index contributed by atoms with van der Waals surface area (Å²) in [6.07, 6.45) is 5.38. The van der Waals surface area contributed by atoms with Crippen LogP contribution in [0.2, 0.25) is 0 Å². The normalized spacial score (nSPS) is 11.4. The summed E-state index contributed by atoms with van der Waals surface area (Å²) in [6, 6.07) is 11.8. The van der Waals surface area contributed by atoms with Gasteiger partial charge in [0.25, 0.3) is 0 Å². The largest absolute Gasteiger partial charge is 0.497 e. The van der Waals surface area contributed by atoms with Gasteiger partial charge in [0.2, 0.25) is 0 Å². The first-order valence-electron chi connectivity index (χ1n) is 7.20. The molecule has 1 aromatic carbocycles. The van der Waals surface area contributed by atoms with Crippen molar-refractivity contribution in [2.45, 2.75) is 6.54 Å². The minimum atomic E-state index is 0.698. The Balaban J connectivity index is 2.08. The fraction of sp³-hybridized carbons (Fsp3) is 0.111. The van der Waals surface area contributed by atoms with Crippen LogP contribution in [0.25, 0.3) is 11.3 Å². The van der Waals surface area contributed by atoms with Crippen LogP contribution in [0.3, 0.4) is 0 Å². The minimum absolute atomic E-state index is 0.698. The number of nitrogens with zero attached hydrogens (tertiary/aromatic N) is 3. The molecule has 3 rings (SSSR count). The molecular formula is C18H17N3OS. The fourth-order valence-electron chi connectivity index (χ4n) is 2.25. The highest BCUT2D eigenvalue weighted by Crippen LogP contribution is 2.23. The molecule has 0 saturated heterocycles. The standard InChI is InChI=1S/C18H17N3OS/c1-3-11-21-17(14-6-8-16(22-2)9-7-14)13-23-18(21)20-15-5-4-10-19-12-15/h3-10,12-13H,1,11H2,2H3. The zero-order valence-electron chi connectivity index (χ0n) is 12.8. The van der Waals surface area contributed by atoms with Crippen LogP contribution in [0.5, 0.6) is 5.75 Å². The number of methoxy groups -OCH3 is 1. The van der Waals surface area contributed by atoms with Crippen molar-refractivity contribution in [3.63, 3.8) is 0 Å². The van der Waals surface area contributed by atoms with Crippen molar-refractivity contribution in [2.24, 2.45) is 4.99 Å². The Morgan fingerprint density at radius 1 is 1.30 bits per heavy atom. The van der Waals surface area contributed by atoms with Gasteiger partial charge in [-0.05, 0) is 42.0 Å². The lowest BCUT2D eigenvalue weighted by molar-refractivity contribution is 0.415. The first-order valence-corrected chi connectivity index (χ1v) is 8.08. The van der Waals surface area contributed by atoms with E-state index in [1.165, 1.54) is 0 Å². The Labute approximate surface area is 139 Å². The molecule has 0 spiro atoms. The Morgan fingerprint density at radius 3 is 2.78 bits per heavy atom. The Morgan fingerprint density at radius 2 is 2.13 bits per heavy atom. The summed E-state index contributed by atoms with van der Waals surface area (Å²) >= 11 is 1.61. The molecule has 23 heavy (non-hydrogen) atoms. The molecule has 2 heterocycles. The van der Waals surface area contributed by atoms with Crippen LogP contribution in [-0.2, 0) is 6.54 Å². The van der Waals surface area contributed by atoms with Gasteiger partial charge in [0.1, 0.15) is 5.75 Å². The maximum atomic E-state index is 5.22. The molecule has 0 saturated carbocycles. The van der Waals surface area contributed by atoms with Crippen molar-refractivity contribution >= 4 is 17.0 Å². The van der Waals surface area contributed by atoms with E-state index in [1.54, 1.807) is 30.8 Å². The molecule has 3 aromatic rings. The van der Waals surface area contributed by atoms with Crippen LogP contribution >= 0.6 is 11.3 Å². The van der Waals surface area contributed by atoms with E-state index in [0.717, 1.165) is 27.5 Å². The quantitative estimate of drug-likeness (QED) is 0.665. The van der Waals surface area contributed by atoms with Gasteiger partial charge >= 0.3 is 0 Å². The van der Waals surface area contributed by atoms with Gasteiger partial charge in [0.15, 0.2) is 4.80 Å². The van der Waals surface area contributed by atoms with Crippen LogP contribution in [0, 0.1) is 0 Å². The number of pyridine rings is 1. The van der Waals surface area contributed by atoms with Gasteiger partial charge in [-0.1, -0.05) is 6.08 Å². The van der Waals surface area contributed by atoms with Crippen LogP contribution in [-0.4, -0.2) is 16.7 Å². The van der Waals surface area contributed by atoms with Crippen molar-refractivity contribution in [2.75, 3.05) is 7.11 Å². The first-order chi connectivity index (χ1) is 11.3. The summed E-state index contributed by atoms with van der Waals surface area (Å²) < 4.78 is 7.37. The second-order valence-electron chi connectivity index (χ2n) is 4.85. The first kappa shape index (κ1) is 15.2. The number of allylic oxidation sites excluding steroid dienone is 1. The van der Waals surface area contributed by atoms with Crippen molar-refractivity contribution < 1.29 is 4.74 Å². The van der Waals surface area contributed by atoms with Crippen LogP contribution in [0.15, 0.2) is 71.8 Å². The summed E-state index contributed by atoms with van der Waals surface area (Å²) in [5.74, 6) is 0.847. The van der Waals surface area contributed by atoms with Gasteiger partial charge in [-0.15, -0.1) is 17.9 Å². The number of benzene rings is 1. The molecule has 0 unspecified atom stereocenters. The molecule has 0 aliphatic carbocycles. The topological polar surface area (TPSA) is 39.4 Å². The molecule has 0 aliphatic rings. The smallest absolute Gasteiger partial charge is 0.190 e. The Hall–Kier alpha value is -2.66. The molecule has 0 aliphatic heterocycles. The highest BCUT2D eigenvalue weighted by atomic mass is 32.1. The van der Waals surface area contributed by atoms with Gasteiger partial charge in [0.05, 0.1) is 24.7 Å². The second-order valence-corrected chi connectivity index (χ2v) is 5.69. The highest BCUT2D eigenvalue weighted by molar-refractivity contribution is 7.07. The van der Waals surface area contributed by atoms with Gasteiger partial charge < -0.3 is 9.30 Å². The summed E-state index contributed by atoms with van der Waals surface area (Å²) in [6.45, 7) is 4.55. The molecular weight excluding hydrogens is 306 g/mol. The van der Waals surface area contributed by atoms with Gasteiger partial charge in [-0.2, -0.15) is 0 Å². The lowest BCUT2D eigenvalue weighted by Crippen LogP contribution is -2.14. The van der Waals surface area contributed by atoms with E-state index in [1.807, 2.05) is 42.5 Å². The van der Waals surface area contributed by atoms with Crippen molar-refractivity contribution in [3.8, 4) is 17.0 Å². The average molecular weight is 323 g/mol. The highest BCUT2D eigenvalue weighted by Gasteiger charge is 2.07. The molecule has 0 fully saturated rings. The fourth-order valence-corrected chi connectivity index (χ4v) is 3.19. The van der Waals surface area contributed by atoms with Crippen LogP contribution in [0.1, 0.15) is 0 Å². The van der Waals surface area contributed by atoms with Crippen LogP contribution in [0.4, 0.5) is 5.69 Å². The molecule has 4 nitrogen and oxygen atoms in total. The van der Waals surface area contributed by atoms with E-state index in [4.69, 9.17) is 4.74 Å². The van der Waals surface area contributed by atoms with E-state index in [2.05, 4.69) is 26.5 Å². The molecule has 116 valence electrons. The maximum absolute atomic E-state index is 5.22. The third-order valence-corrected chi connectivity index (χ3v) is 4.23. The number of hydrogen-bond acceptors (Lipinski definition) is 4. The number of ether oxygens (including phenoxy) is 1. The maximum Gasteiger partial charge on any atom is 0.190 e. The second kappa shape index (κ2) is 7.07. The van der Waals surface area contributed by atoms with Crippen LogP contribution < -0.4 is 9.54 Å². The average Bonchev–Trinajstić information content (AvgIpc) is 2.99. The summed E-state index contributed by atoms with van der Waals surface area (Å²) in [7, 11) is 1.67.